The van der Waals surface area contributed by atoms with E-state index in [0.717, 1.165) is 22.6 Å². The van der Waals surface area contributed by atoms with Gasteiger partial charge in [0.25, 0.3) is 5.91 Å². The molecule has 3 rings (SSSR count). The van der Waals surface area contributed by atoms with Crippen LogP contribution in [0.1, 0.15) is 21.5 Å². The first-order valence-corrected chi connectivity index (χ1v) is 8.38. The van der Waals surface area contributed by atoms with Gasteiger partial charge in [0, 0.05) is 16.8 Å². The highest BCUT2D eigenvalue weighted by molar-refractivity contribution is 6.04. The highest BCUT2D eigenvalue weighted by Gasteiger charge is 2.11. The predicted octanol–water partition coefficient (Wildman–Crippen LogP) is 4.83. The number of anilines is 1. The second-order valence-corrected chi connectivity index (χ2v) is 5.95. The van der Waals surface area contributed by atoms with Crippen LogP contribution in [0.15, 0.2) is 72.8 Å². The highest BCUT2D eigenvalue weighted by atomic mass is 16.5. The molecule has 3 aromatic carbocycles. The maximum Gasteiger partial charge on any atom is 0.255 e. The second kappa shape index (κ2) is 8.21. The Balaban J connectivity index is 1.76. The van der Waals surface area contributed by atoms with Crippen molar-refractivity contribution in [3.63, 3.8) is 0 Å². The summed E-state index contributed by atoms with van der Waals surface area (Å²) in [7, 11) is 1.61. The Bertz CT molecular complexity index is 891. The number of carbonyl (C=O) groups is 1. The lowest BCUT2D eigenvalue weighted by Gasteiger charge is -2.13. The molecule has 0 spiro atoms. The Morgan fingerprint density at radius 1 is 0.962 bits per heavy atom. The normalized spacial score (nSPS) is 10.2. The standard InChI is InChI=1S/C22H21NO3/c1-16-7-6-10-20(13-16)26-15-18-14-17(11-12-21(18)25-2)22(24)23-19-8-4-3-5-9-19/h3-14H,15H2,1-2H3,(H,23,24). The van der Waals surface area contributed by atoms with Crippen molar-refractivity contribution in [2.24, 2.45) is 0 Å². The summed E-state index contributed by atoms with van der Waals surface area (Å²) in [6.07, 6.45) is 0. The molecule has 0 aliphatic heterocycles. The van der Waals surface area contributed by atoms with E-state index in [2.05, 4.69) is 5.32 Å². The monoisotopic (exact) mass is 347 g/mol. The lowest BCUT2D eigenvalue weighted by atomic mass is 10.1. The molecule has 132 valence electrons. The van der Waals surface area contributed by atoms with Crippen LogP contribution in [0.2, 0.25) is 0 Å². The highest BCUT2D eigenvalue weighted by Crippen LogP contribution is 2.23. The maximum absolute atomic E-state index is 12.5. The average Bonchev–Trinajstić information content (AvgIpc) is 2.67. The first-order chi connectivity index (χ1) is 12.7. The summed E-state index contributed by atoms with van der Waals surface area (Å²) in [6, 6.07) is 22.5. The molecule has 4 nitrogen and oxygen atoms in total. The second-order valence-electron chi connectivity index (χ2n) is 5.95. The minimum atomic E-state index is -0.171. The van der Waals surface area contributed by atoms with Crippen molar-refractivity contribution in [3.05, 3.63) is 89.5 Å². The SMILES string of the molecule is COc1ccc(C(=O)Nc2ccccc2)cc1COc1cccc(C)c1. The average molecular weight is 347 g/mol. The molecule has 0 unspecified atom stereocenters. The zero-order chi connectivity index (χ0) is 18.4. The van der Waals surface area contributed by atoms with Gasteiger partial charge in [-0.1, -0.05) is 30.3 Å². The number of rotatable bonds is 6. The van der Waals surface area contributed by atoms with Crippen LogP contribution in [0.25, 0.3) is 0 Å². The zero-order valence-electron chi connectivity index (χ0n) is 14.9. The van der Waals surface area contributed by atoms with Gasteiger partial charge >= 0.3 is 0 Å². The molecular weight excluding hydrogens is 326 g/mol. The Hall–Kier alpha value is -3.27. The molecule has 3 aromatic rings. The lowest BCUT2D eigenvalue weighted by Crippen LogP contribution is -2.12. The molecule has 0 atom stereocenters. The molecule has 0 aromatic heterocycles. The molecule has 0 aliphatic rings. The van der Waals surface area contributed by atoms with Crippen LogP contribution in [0.5, 0.6) is 11.5 Å². The van der Waals surface area contributed by atoms with Crippen LogP contribution in [0.3, 0.4) is 0 Å². The molecule has 0 saturated carbocycles. The molecule has 0 fully saturated rings. The Labute approximate surface area is 153 Å². The Kier molecular flexibility index (Phi) is 5.54. The van der Waals surface area contributed by atoms with Crippen LogP contribution < -0.4 is 14.8 Å². The van der Waals surface area contributed by atoms with Crippen molar-refractivity contribution in [1.29, 1.82) is 0 Å². The third-order valence-corrected chi connectivity index (χ3v) is 3.96. The van der Waals surface area contributed by atoms with Crippen molar-refractivity contribution in [2.45, 2.75) is 13.5 Å². The summed E-state index contributed by atoms with van der Waals surface area (Å²) in [6.45, 7) is 2.33. The fourth-order valence-corrected chi connectivity index (χ4v) is 2.62. The van der Waals surface area contributed by atoms with Crippen LogP contribution in [-0.4, -0.2) is 13.0 Å². The van der Waals surface area contributed by atoms with E-state index in [1.165, 1.54) is 0 Å². The summed E-state index contributed by atoms with van der Waals surface area (Å²) >= 11 is 0. The van der Waals surface area contributed by atoms with Gasteiger partial charge in [0.15, 0.2) is 0 Å². The van der Waals surface area contributed by atoms with Gasteiger partial charge in [0.05, 0.1) is 7.11 Å². The van der Waals surface area contributed by atoms with Crippen molar-refractivity contribution in [2.75, 3.05) is 12.4 Å². The molecule has 1 amide bonds. The summed E-state index contributed by atoms with van der Waals surface area (Å²) in [4.78, 5) is 12.5. The quantitative estimate of drug-likeness (QED) is 0.694. The number of benzene rings is 3. The topological polar surface area (TPSA) is 47.6 Å². The van der Waals surface area contributed by atoms with Crippen LogP contribution >= 0.6 is 0 Å². The van der Waals surface area contributed by atoms with E-state index in [9.17, 15) is 4.79 Å². The number of carbonyl (C=O) groups excluding carboxylic acids is 1. The van der Waals surface area contributed by atoms with E-state index in [-0.39, 0.29) is 5.91 Å². The van der Waals surface area contributed by atoms with E-state index < -0.39 is 0 Å². The van der Waals surface area contributed by atoms with Gasteiger partial charge in [-0.05, 0) is 55.0 Å². The molecular formula is C22H21NO3. The van der Waals surface area contributed by atoms with Gasteiger partial charge in [-0.2, -0.15) is 0 Å². The van der Waals surface area contributed by atoms with Crippen molar-refractivity contribution < 1.29 is 14.3 Å². The van der Waals surface area contributed by atoms with E-state index in [4.69, 9.17) is 9.47 Å². The van der Waals surface area contributed by atoms with Gasteiger partial charge in [-0.15, -0.1) is 0 Å². The van der Waals surface area contributed by atoms with Gasteiger partial charge in [0.1, 0.15) is 18.1 Å². The lowest BCUT2D eigenvalue weighted by molar-refractivity contribution is 0.102. The third-order valence-electron chi connectivity index (χ3n) is 3.96. The van der Waals surface area contributed by atoms with Gasteiger partial charge in [-0.25, -0.2) is 0 Å². The molecule has 26 heavy (non-hydrogen) atoms. The van der Waals surface area contributed by atoms with E-state index in [0.29, 0.717) is 17.9 Å². The van der Waals surface area contributed by atoms with Crippen molar-refractivity contribution >= 4 is 11.6 Å². The number of aryl methyl sites for hydroxylation is 1. The number of hydrogen-bond donors (Lipinski definition) is 1. The van der Waals surface area contributed by atoms with Gasteiger partial charge in [-0.3, -0.25) is 4.79 Å². The minimum Gasteiger partial charge on any atom is -0.496 e. The first-order valence-electron chi connectivity index (χ1n) is 8.38. The van der Waals surface area contributed by atoms with Gasteiger partial charge < -0.3 is 14.8 Å². The van der Waals surface area contributed by atoms with Crippen LogP contribution in [-0.2, 0) is 6.61 Å². The Morgan fingerprint density at radius 3 is 2.50 bits per heavy atom. The first kappa shape index (κ1) is 17.5. The molecule has 1 N–H and O–H groups in total. The van der Waals surface area contributed by atoms with Crippen LogP contribution in [0.4, 0.5) is 5.69 Å². The summed E-state index contributed by atoms with van der Waals surface area (Å²) in [5, 5.41) is 2.88. The Morgan fingerprint density at radius 2 is 1.77 bits per heavy atom. The number of ether oxygens (including phenoxy) is 2. The van der Waals surface area contributed by atoms with Crippen molar-refractivity contribution in [1.82, 2.24) is 0 Å². The smallest absolute Gasteiger partial charge is 0.255 e. The predicted molar refractivity (Wildman–Crippen MR) is 103 cm³/mol. The maximum atomic E-state index is 12.5. The molecule has 0 aliphatic carbocycles. The van der Waals surface area contributed by atoms with Crippen molar-refractivity contribution in [3.8, 4) is 11.5 Å². The summed E-state index contributed by atoms with van der Waals surface area (Å²) in [5.41, 5.74) is 3.25. The van der Waals surface area contributed by atoms with E-state index in [1.807, 2.05) is 61.5 Å². The number of hydrogen-bond acceptors (Lipinski definition) is 3. The molecule has 0 heterocycles. The molecule has 0 radical (unpaired) electrons. The van der Waals surface area contributed by atoms with E-state index >= 15 is 0 Å². The number of methoxy groups -OCH3 is 1. The third kappa shape index (κ3) is 4.42. The number of nitrogens with one attached hydrogen (secondary N) is 1. The zero-order valence-corrected chi connectivity index (χ0v) is 14.9. The molecule has 0 bridgehead atoms. The van der Waals surface area contributed by atoms with E-state index in [1.54, 1.807) is 25.3 Å². The van der Waals surface area contributed by atoms with Gasteiger partial charge in [0.2, 0.25) is 0 Å². The minimum absolute atomic E-state index is 0.171. The number of para-hydroxylation sites is 1. The summed E-state index contributed by atoms with van der Waals surface area (Å²) < 4.78 is 11.3. The molecule has 4 heteroatoms. The largest absolute Gasteiger partial charge is 0.496 e. The fourth-order valence-electron chi connectivity index (χ4n) is 2.62. The van der Waals surface area contributed by atoms with Crippen LogP contribution in [0, 0.1) is 6.92 Å². The molecule has 0 saturated heterocycles. The fraction of sp³-hybridized carbons (Fsp3) is 0.136. The number of amides is 1. The summed E-state index contributed by atoms with van der Waals surface area (Å²) in [5.74, 6) is 1.30.